The topological polar surface area (TPSA) is 30.0 Å². The van der Waals surface area contributed by atoms with Crippen LogP contribution in [0.5, 0.6) is 0 Å². The van der Waals surface area contributed by atoms with Crippen LogP contribution in [-0.2, 0) is 28.5 Å². The fraction of sp³-hybridized carbons (Fsp3) is 0.400. The van der Waals surface area contributed by atoms with Gasteiger partial charge in [-0.3, -0.25) is 4.21 Å². The van der Waals surface area contributed by atoms with E-state index in [9.17, 15) is 17.4 Å². The smallest absolute Gasteiger partial charge is 0.259 e. The normalized spacial score (nSPS) is 13.5. The van der Waals surface area contributed by atoms with Gasteiger partial charge in [0.2, 0.25) is 0 Å². The van der Waals surface area contributed by atoms with E-state index in [1.807, 2.05) is 19.2 Å². The molecule has 2 nitrogen and oxygen atoms in total. The summed E-state index contributed by atoms with van der Waals surface area (Å²) in [6, 6.07) is 5.26. The Hall–Kier alpha value is -1.21. The van der Waals surface area contributed by atoms with Gasteiger partial charge in [-0.2, -0.15) is 13.2 Å². The minimum Gasteiger partial charge on any atom is -0.259 e. The van der Waals surface area contributed by atoms with Crippen LogP contribution in [0.15, 0.2) is 29.6 Å². The molecule has 0 saturated carbocycles. The van der Waals surface area contributed by atoms with Gasteiger partial charge in [0.25, 0.3) is 0 Å². The molecule has 0 aliphatic rings. The van der Waals surface area contributed by atoms with Crippen LogP contribution in [0.1, 0.15) is 41.6 Å². The van der Waals surface area contributed by atoms with Crippen LogP contribution in [0.2, 0.25) is 0 Å². The van der Waals surface area contributed by atoms with Gasteiger partial charge < -0.3 is 0 Å². The number of benzene rings is 1. The monoisotopic (exact) mass is 347 g/mol. The van der Waals surface area contributed by atoms with E-state index in [-0.39, 0.29) is 23.0 Å². The standard InChI is InChI=1S/C15H16F3NOS2/c1-10(2)14-19-12(7-21-14)9-22(20)8-11-5-3-4-6-13(11)15(16,17)18/h3-7,10H,8-9H2,1-2H3. The fourth-order valence-electron chi connectivity index (χ4n) is 1.97. The molecular formula is C15H16F3NOS2. The van der Waals surface area contributed by atoms with Crippen molar-refractivity contribution in [1.82, 2.24) is 4.98 Å². The number of nitrogens with zero attached hydrogens (tertiary/aromatic N) is 1. The Labute approximate surface area is 133 Å². The number of halogens is 3. The van der Waals surface area contributed by atoms with E-state index in [1.54, 1.807) is 0 Å². The summed E-state index contributed by atoms with van der Waals surface area (Å²) in [5, 5.41) is 2.77. The molecule has 120 valence electrons. The largest absolute Gasteiger partial charge is 0.416 e. The van der Waals surface area contributed by atoms with Crippen molar-refractivity contribution in [1.29, 1.82) is 0 Å². The first-order valence-electron chi connectivity index (χ1n) is 6.71. The third-order valence-electron chi connectivity index (χ3n) is 3.01. The first-order valence-corrected chi connectivity index (χ1v) is 9.08. The first-order chi connectivity index (χ1) is 10.3. The van der Waals surface area contributed by atoms with Gasteiger partial charge in [-0.1, -0.05) is 32.0 Å². The quantitative estimate of drug-likeness (QED) is 0.782. The molecule has 0 aliphatic carbocycles. The summed E-state index contributed by atoms with van der Waals surface area (Å²) in [5.41, 5.74) is 0.0219. The summed E-state index contributed by atoms with van der Waals surface area (Å²) in [4.78, 5) is 4.37. The Kier molecular flexibility index (Phi) is 5.39. The lowest BCUT2D eigenvalue weighted by Gasteiger charge is -2.12. The molecule has 1 unspecified atom stereocenters. The van der Waals surface area contributed by atoms with Gasteiger partial charge in [0.05, 0.1) is 22.0 Å². The molecule has 0 fully saturated rings. The van der Waals surface area contributed by atoms with Crippen molar-refractivity contribution in [3.8, 4) is 0 Å². The number of hydrogen-bond acceptors (Lipinski definition) is 3. The van der Waals surface area contributed by atoms with Crippen molar-refractivity contribution in [3.05, 3.63) is 51.5 Å². The van der Waals surface area contributed by atoms with Crippen LogP contribution in [0.3, 0.4) is 0 Å². The molecule has 0 N–H and O–H groups in total. The first kappa shape index (κ1) is 17.1. The summed E-state index contributed by atoms with van der Waals surface area (Å²) in [6.45, 7) is 4.03. The van der Waals surface area contributed by atoms with Crippen LogP contribution < -0.4 is 0 Å². The average Bonchev–Trinajstić information content (AvgIpc) is 2.86. The van der Waals surface area contributed by atoms with Gasteiger partial charge in [-0.15, -0.1) is 11.3 Å². The van der Waals surface area contributed by atoms with Crippen molar-refractivity contribution >= 4 is 22.1 Å². The maximum Gasteiger partial charge on any atom is 0.416 e. The third-order valence-corrected chi connectivity index (χ3v) is 5.46. The maximum absolute atomic E-state index is 12.9. The van der Waals surface area contributed by atoms with Crippen molar-refractivity contribution in [2.24, 2.45) is 0 Å². The number of thiazole rings is 1. The second-order valence-corrected chi connectivity index (χ2v) is 7.56. The van der Waals surface area contributed by atoms with E-state index in [0.717, 1.165) is 11.1 Å². The lowest BCUT2D eigenvalue weighted by atomic mass is 10.1. The van der Waals surface area contributed by atoms with Gasteiger partial charge in [0.1, 0.15) is 0 Å². The summed E-state index contributed by atoms with van der Waals surface area (Å²) in [6.07, 6.45) is -4.42. The highest BCUT2D eigenvalue weighted by molar-refractivity contribution is 7.83. The van der Waals surface area contributed by atoms with Gasteiger partial charge in [0.15, 0.2) is 0 Å². The fourth-order valence-corrected chi connectivity index (χ4v) is 4.09. The van der Waals surface area contributed by atoms with E-state index >= 15 is 0 Å². The highest BCUT2D eigenvalue weighted by Crippen LogP contribution is 2.32. The van der Waals surface area contributed by atoms with E-state index in [2.05, 4.69) is 4.98 Å². The molecule has 2 aromatic rings. The summed E-state index contributed by atoms with van der Waals surface area (Å²) < 4.78 is 50.9. The van der Waals surface area contributed by atoms with Crippen molar-refractivity contribution in [2.75, 3.05) is 0 Å². The highest BCUT2D eigenvalue weighted by atomic mass is 32.2. The van der Waals surface area contributed by atoms with Crippen molar-refractivity contribution < 1.29 is 17.4 Å². The Bertz CT molecular complexity index is 665. The summed E-state index contributed by atoms with van der Waals surface area (Å²) in [5.74, 6) is 0.345. The molecule has 0 saturated heterocycles. The second kappa shape index (κ2) is 6.91. The predicted octanol–water partition coefficient (Wildman–Crippen LogP) is 4.73. The predicted molar refractivity (Wildman–Crippen MR) is 83.2 cm³/mol. The Morgan fingerprint density at radius 2 is 1.91 bits per heavy atom. The molecule has 0 radical (unpaired) electrons. The van der Waals surface area contributed by atoms with Crippen molar-refractivity contribution in [3.63, 3.8) is 0 Å². The molecule has 1 heterocycles. The van der Waals surface area contributed by atoms with Crippen LogP contribution in [-0.4, -0.2) is 9.19 Å². The van der Waals surface area contributed by atoms with Crippen LogP contribution in [0.4, 0.5) is 13.2 Å². The molecule has 22 heavy (non-hydrogen) atoms. The summed E-state index contributed by atoms with van der Waals surface area (Å²) in [7, 11) is -1.42. The molecule has 0 spiro atoms. The molecule has 1 atom stereocenters. The number of hydrogen-bond donors (Lipinski definition) is 0. The Morgan fingerprint density at radius 3 is 2.50 bits per heavy atom. The molecule has 1 aromatic carbocycles. The van der Waals surface area contributed by atoms with Gasteiger partial charge in [0, 0.05) is 27.9 Å². The molecule has 0 bridgehead atoms. The molecular weight excluding hydrogens is 331 g/mol. The zero-order chi connectivity index (χ0) is 16.3. The van der Waals surface area contributed by atoms with Gasteiger partial charge >= 0.3 is 6.18 Å². The molecule has 1 aromatic heterocycles. The number of aromatic nitrogens is 1. The summed E-state index contributed by atoms with van der Waals surface area (Å²) >= 11 is 1.49. The molecule has 0 aliphatic heterocycles. The Balaban J connectivity index is 2.09. The van der Waals surface area contributed by atoms with E-state index in [1.165, 1.54) is 29.5 Å². The van der Waals surface area contributed by atoms with E-state index in [0.29, 0.717) is 5.69 Å². The highest BCUT2D eigenvalue weighted by Gasteiger charge is 2.33. The maximum atomic E-state index is 12.9. The van der Waals surface area contributed by atoms with Crippen LogP contribution >= 0.6 is 11.3 Å². The van der Waals surface area contributed by atoms with Gasteiger partial charge in [-0.05, 0) is 11.6 Å². The number of alkyl halides is 3. The third kappa shape index (κ3) is 4.39. The van der Waals surface area contributed by atoms with Crippen molar-refractivity contribution in [2.45, 2.75) is 37.4 Å². The SMILES string of the molecule is CC(C)c1nc(CS(=O)Cc2ccccc2C(F)(F)F)cs1. The van der Waals surface area contributed by atoms with Gasteiger partial charge in [-0.25, -0.2) is 4.98 Å². The lowest BCUT2D eigenvalue weighted by molar-refractivity contribution is -0.138. The average molecular weight is 347 g/mol. The minimum atomic E-state index is -4.42. The molecule has 0 amide bonds. The van der Waals surface area contributed by atoms with E-state index in [4.69, 9.17) is 0 Å². The second-order valence-electron chi connectivity index (χ2n) is 5.22. The van der Waals surface area contributed by atoms with E-state index < -0.39 is 22.5 Å². The zero-order valence-electron chi connectivity index (χ0n) is 12.2. The zero-order valence-corrected chi connectivity index (χ0v) is 13.8. The van der Waals surface area contributed by atoms with Crippen LogP contribution in [0.25, 0.3) is 0 Å². The lowest BCUT2D eigenvalue weighted by Crippen LogP contribution is -2.11. The van der Waals surface area contributed by atoms with Crippen LogP contribution in [0, 0.1) is 0 Å². The number of rotatable bonds is 5. The Morgan fingerprint density at radius 1 is 1.23 bits per heavy atom. The molecule has 2 rings (SSSR count). The minimum absolute atomic E-state index is 0.0626. The molecule has 7 heteroatoms.